The minimum Gasteiger partial charge on any atom is -0.481 e. The number of benzene rings is 2. The van der Waals surface area contributed by atoms with Crippen LogP contribution in [0.5, 0.6) is 5.88 Å². The number of nitrogens with zero attached hydrogens (tertiary/aromatic N) is 3. The molecular weight excluding hydrogens is 448 g/mol. The standard InChI is InChI=1S/C30H26N4O2/c1-19-29(33-27-5-3-4-26(32-27)25-16-17-28(35-2)31-18-25)30(36-34-19)24-14-12-23(13-15-24)22-10-8-21(9-11-22)20-6-7-20/h3-5,8-18,20H,6-7H2,1-2H3,(H,32,33). The molecule has 0 amide bonds. The van der Waals surface area contributed by atoms with Crippen molar-refractivity contribution in [1.82, 2.24) is 15.1 Å². The smallest absolute Gasteiger partial charge is 0.212 e. The number of rotatable bonds is 7. The number of hydrogen-bond donors (Lipinski definition) is 1. The Labute approximate surface area is 210 Å². The molecule has 0 saturated heterocycles. The van der Waals surface area contributed by atoms with E-state index < -0.39 is 0 Å². The third-order valence-electron chi connectivity index (χ3n) is 6.55. The Morgan fingerprint density at radius 1 is 0.833 bits per heavy atom. The zero-order valence-electron chi connectivity index (χ0n) is 20.2. The molecule has 0 unspecified atom stereocenters. The maximum atomic E-state index is 5.72. The lowest BCUT2D eigenvalue weighted by Gasteiger charge is -2.09. The lowest BCUT2D eigenvalue weighted by molar-refractivity contribution is 0.398. The van der Waals surface area contributed by atoms with Crippen LogP contribution in [0.25, 0.3) is 33.7 Å². The van der Waals surface area contributed by atoms with Crippen molar-refractivity contribution in [3.63, 3.8) is 0 Å². The highest BCUT2D eigenvalue weighted by atomic mass is 16.5. The Morgan fingerprint density at radius 3 is 2.19 bits per heavy atom. The van der Waals surface area contributed by atoms with Gasteiger partial charge in [0, 0.05) is 23.4 Å². The fourth-order valence-electron chi connectivity index (χ4n) is 4.34. The van der Waals surface area contributed by atoms with Crippen molar-refractivity contribution in [3.05, 3.63) is 96.3 Å². The van der Waals surface area contributed by atoms with Gasteiger partial charge in [-0.2, -0.15) is 0 Å². The second-order valence-corrected chi connectivity index (χ2v) is 9.07. The van der Waals surface area contributed by atoms with Crippen molar-refractivity contribution in [2.24, 2.45) is 0 Å². The number of anilines is 2. The topological polar surface area (TPSA) is 73.1 Å². The molecule has 3 heterocycles. The maximum Gasteiger partial charge on any atom is 0.212 e. The summed E-state index contributed by atoms with van der Waals surface area (Å²) in [5.41, 5.74) is 8.07. The minimum absolute atomic E-state index is 0.569. The number of aromatic nitrogens is 3. The lowest BCUT2D eigenvalue weighted by atomic mass is 10.0. The highest BCUT2D eigenvalue weighted by molar-refractivity contribution is 5.79. The number of methoxy groups -OCH3 is 1. The van der Waals surface area contributed by atoms with Crippen LogP contribution in [0.3, 0.4) is 0 Å². The van der Waals surface area contributed by atoms with Gasteiger partial charge in [0.05, 0.1) is 12.8 Å². The van der Waals surface area contributed by atoms with Gasteiger partial charge in [0.2, 0.25) is 5.88 Å². The van der Waals surface area contributed by atoms with E-state index in [1.807, 2.05) is 37.3 Å². The molecule has 3 aromatic heterocycles. The molecular formula is C30H26N4O2. The summed E-state index contributed by atoms with van der Waals surface area (Å²) in [4.78, 5) is 9.05. The van der Waals surface area contributed by atoms with E-state index in [9.17, 15) is 0 Å². The second kappa shape index (κ2) is 9.30. The summed E-state index contributed by atoms with van der Waals surface area (Å²) in [5, 5.41) is 7.62. The molecule has 1 fully saturated rings. The van der Waals surface area contributed by atoms with E-state index >= 15 is 0 Å². The van der Waals surface area contributed by atoms with Gasteiger partial charge in [0.1, 0.15) is 17.2 Å². The number of aryl methyl sites for hydroxylation is 1. The molecule has 0 radical (unpaired) electrons. The monoisotopic (exact) mass is 474 g/mol. The molecule has 1 saturated carbocycles. The first-order valence-electron chi connectivity index (χ1n) is 12.1. The van der Waals surface area contributed by atoms with Crippen LogP contribution in [0.1, 0.15) is 30.0 Å². The number of ether oxygens (including phenoxy) is 1. The van der Waals surface area contributed by atoms with Gasteiger partial charge in [-0.05, 0) is 60.6 Å². The SMILES string of the molecule is COc1ccc(-c2cccc(Nc3c(C)noc3-c3ccc(-c4ccc(C5CC5)cc4)cc3)n2)cn1. The molecule has 6 heteroatoms. The Kier molecular flexibility index (Phi) is 5.70. The molecule has 36 heavy (non-hydrogen) atoms. The van der Waals surface area contributed by atoms with E-state index in [-0.39, 0.29) is 0 Å². The van der Waals surface area contributed by atoms with E-state index in [2.05, 4.69) is 64.0 Å². The zero-order chi connectivity index (χ0) is 24.5. The van der Waals surface area contributed by atoms with E-state index in [0.717, 1.165) is 34.1 Å². The number of pyridine rings is 2. The highest BCUT2D eigenvalue weighted by Gasteiger charge is 2.23. The average Bonchev–Trinajstić information content (AvgIpc) is 3.73. The molecule has 0 bridgehead atoms. The molecule has 0 atom stereocenters. The summed E-state index contributed by atoms with van der Waals surface area (Å²) in [7, 11) is 1.60. The van der Waals surface area contributed by atoms with Gasteiger partial charge in [-0.15, -0.1) is 0 Å². The first-order valence-corrected chi connectivity index (χ1v) is 12.1. The van der Waals surface area contributed by atoms with Crippen LogP contribution >= 0.6 is 0 Å². The van der Waals surface area contributed by atoms with Gasteiger partial charge in [-0.1, -0.05) is 59.8 Å². The van der Waals surface area contributed by atoms with Crippen LogP contribution in [0.4, 0.5) is 11.5 Å². The first-order chi connectivity index (χ1) is 17.7. The highest BCUT2D eigenvalue weighted by Crippen LogP contribution is 2.40. The fourth-order valence-corrected chi connectivity index (χ4v) is 4.34. The van der Waals surface area contributed by atoms with E-state index in [0.29, 0.717) is 17.5 Å². The third kappa shape index (κ3) is 4.45. The van der Waals surface area contributed by atoms with Gasteiger partial charge in [-0.3, -0.25) is 0 Å². The molecule has 6 nitrogen and oxygen atoms in total. The van der Waals surface area contributed by atoms with Crippen LogP contribution < -0.4 is 10.1 Å². The molecule has 0 spiro atoms. The lowest BCUT2D eigenvalue weighted by Crippen LogP contribution is -1.97. The van der Waals surface area contributed by atoms with Crippen LogP contribution in [0, 0.1) is 6.92 Å². The summed E-state index contributed by atoms with van der Waals surface area (Å²) in [6.45, 7) is 1.92. The van der Waals surface area contributed by atoms with Crippen molar-refractivity contribution in [2.75, 3.05) is 12.4 Å². The van der Waals surface area contributed by atoms with Gasteiger partial charge >= 0.3 is 0 Å². The Hall–Kier alpha value is -4.45. The Balaban J connectivity index is 1.24. The van der Waals surface area contributed by atoms with Gasteiger partial charge in [0.15, 0.2) is 5.76 Å². The summed E-state index contributed by atoms with van der Waals surface area (Å²) >= 11 is 0. The van der Waals surface area contributed by atoms with E-state index in [4.69, 9.17) is 14.2 Å². The fraction of sp³-hybridized carbons (Fsp3) is 0.167. The van der Waals surface area contributed by atoms with Gasteiger partial charge < -0.3 is 14.6 Å². The zero-order valence-corrected chi connectivity index (χ0v) is 20.2. The Bertz CT molecular complexity index is 1490. The molecule has 1 aliphatic carbocycles. The van der Waals surface area contributed by atoms with Crippen molar-refractivity contribution >= 4 is 11.5 Å². The van der Waals surface area contributed by atoms with Crippen molar-refractivity contribution in [3.8, 4) is 39.6 Å². The quantitative estimate of drug-likeness (QED) is 0.265. The number of hydrogen-bond acceptors (Lipinski definition) is 6. The summed E-state index contributed by atoms with van der Waals surface area (Å²) in [5.74, 6) is 2.72. The van der Waals surface area contributed by atoms with Crippen molar-refractivity contribution < 1.29 is 9.26 Å². The number of nitrogens with one attached hydrogen (secondary N) is 1. The van der Waals surface area contributed by atoms with Crippen LogP contribution in [-0.4, -0.2) is 22.2 Å². The maximum absolute atomic E-state index is 5.72. The minimum atomic E-state index is 0.569. The Morgan fingerprint density at radius 2 is 1.53 bits per heavy atom. The van der Waals surface area contributed by atoms with Gasteiger partial charge in [0.25, 0.3) is 0 Å². The third-order valence-corrected chi connectivity index (χ3v) is 6.55. The van der Waals surface area contributed by atoms with Crippen LogP contribution in [0.2, 0.25) is 0 Å². The van der Waals surface area contributed by atoms with Crippen LogP contribution in [-0.2, 0) is 0 Å². The second-order valence-electron chi connectivity index (χ2n) is 9.07. The molecule has 178 valence electrons. The van der Waals surface area contributed by atoms with Gasteiger partial charge in [-0.25, -0.2) is 9.97 Å². The van der Waals surface area contributed by atoms with E-state index in [1.54, 1.807) is 13.3 Å². The van der Waals surface area contributed by atoms with Crippen molar-refractivity contribution in [2.45, 2.75) is 25.7 Å². The van der Waals surface area contributed by atoms with Crippen molar-refractivity contribution in [1.29, 1.82) is 0 Å². The predicted octanol–water partition coefficient (Wildman–Crippen LogP) is 7.40. The molecule has 2 aromatic carbocycles. The molecule has 5 aromatic rings. The largest absolute Gasteiger partial charge is 0.481 e. The first kappa shape index (κ1) is 22.0. The summed E-state index contributed by atoms with van der Waals surface area (Å²) in [6.07, 6.45) is 4.39. The van der Waals surface area contributed by atoms with Crippen LogP contribution in [0.15, 0.2) is 89.6 Å². The summed E-state index contributed by atoms with van der Waals surface area (Å²) < 4.78 is 10.9. The molecule has 1 N–H and O–H groups in total. The van der Waals surface area contributed by atoms with E-state index in [1.165, 1.54) is 29.5 Å². The predicted molar refractivity (Wildman–Crippen MR) is 141 cm³/mol. The summed E-state index contributed by atoms with van der Waals surface area (Å²) in [6, 6.07) is 26.9. The molecule has 1 aliphatic rings. The normalized spacial score (nSPS) is 12.9. The molecule has 6 rings (SSSR count). The average molecular weight is 475 g/mol. The molecule has 0 aliphatic heterocycles.